The number of thiophene rings is 1. The van der Waals surface area contributed by atoms with Crippen LogP contribution in [-0.4, -0.2) is 5.71 Å². The first kappa shape index (κ1) is 10.5. The first-order chi connectivity index (χ1) is 8.31. The van der Waals surface area contributed by atoms with E-state index in [-0.39, 0.29) is 0 Å². The Labute approximate surface area is 104 Å². The van der Waals surface area contributed by atoms with E-state index >= 15 is 0 Å². The molecule has 1 aromatic heterocycles. The maximum absolute atomic E-state index is 8.31. The minimum atomic E-state index is 0.497. The number of rotatable bonds is 1. The summed E-state index contributed by atoms with van der Waals surface area (Å²) in [5, 5.41) is 13.8. The standard InChI is InChI=1S/C13H13N3S/c14-6-8-2-1-3-10-12(15)9-4-5-17-11(9)7-16-13(8)10/h1-5,15-16H,6-7,14H2. The Bertz CT molecular complexity index is 586. The number of benzene rings is 1. The SMILES string of the molecule is N=C1c2ccsc2CNc2c(CN)cccc21. The van der Waals surface area contributed by atoms with Gasteiger partial charge in [0, 0.05) is 28.2 Å². The lowest BCUT2D eigenvalue weighted by Gasteiger charge is -2.12. The molecule has 0 unspecified atom stereocenters. The van der Waals surface area contributed by atoms with Crippen LogP contribution < -0.4 is 11.1 Å². The number of anilines is 1. The van der Waals surface area contributed by atoms with Gasteiger partial charge in [-0.3, -0.25) is 5.41 Å². The van der Waals surface area contributed by atoms with Crippen LogP contribution >= 0.6 is 11.3 Å². The summed E-state index contributed by atoms with van der Waals surface area (Å²) in [6.07, 6.45) is 0. The second-order valence-corrected chi connectivity index (χ2v) is 5.03. The number of nitrogens with two attached hydrogens (primary N) is 1. The minimum Gasteiger partial charge on any atom is -0.379 e. The lowest BCUT2D eigenvalue weighted by Crippen LogP contribution is -2.07. The van der Waals surface area contributed by atoms with E-state index in [2.05, 4.69) is 5.32 Å². The van der Waals surface area contributed by atoms with Gasteiger partial charge in [-0.05, 0) is 17.0 Å². The lowest BCUT2D eigenvalue weighted by molar-refractivity contribution is 1.06. The Kier molecular flexibility index (Phi) is 2.46. The molecule has 4 N–H and O–H groups in total. The normalized spacial score (nSPS) is 13.6. The molecule has 1 aliphatic rings. The van der Waals surface area contributed by atoms with E-state index in [4.69, 9.17) is 11.1 Å². The van der Waals surface area contributed by atoms with E-state index < -0.39 is 0 Å². The highest BCUT2D eigenvalue weighted by Crippen LogP contribution is 2.31. The van der Waals surface area contributed by atoms with Gasteiger partial charge in [0.05, 0.1) is 12.3 Å². The van der Waals surface area contributed by atoms with Crippen molar-refractivity contribution in [2.75, 3.05) is 5.32 Å². The quantitative estimate of drug-likeness (QED) is 0.720. The fraction of sp³-hybridized carbons (Fsp3) is 0.154. The molecular weight excluding hydrogens is 230 g/mol. The van der Waals surface area contributed by atoms with Gasteiger partial charge in [-0.15, -0.1) is 11.3 Å². The predicted octanol–water partition coefficient (Wildman–Crippen LogP) is 2.55. The molecule has 2 heterocycles. The number of fused-ring (bicyclic) bond motifs is 2. The molecule has 2 aromatic rings. The molecule has 1 aliphatic heterocycles. The van der Waals surface area contributed by atoms with Crippen LogP contribution in [0, 0.1) is 5.41 Å². The maximum atomic E-state index is 8.31. The summed E-state index contributed by atoms with van der Waals surface area (Å²) in [5.74, 6) is 0. The number of nitrogens with one attached hydrogen (secondary N) is 2. The van der Waals surface area contributed by atoms with Crippen LogP contribution in [0.2, 0.25) is 0 Å². The van der Waals surface area contributed by atoms with Gasteiger partial charge in [0.1, 0.15) is 0 Å². The molecule has 3 rings (SSSR count). The summed E-state index contributed by atoms with van der Waals surface area (Å²) in [5.41, 5.74) is 10.4. The first-order valence-electron chi connectivity index (χ1n) is 5.52. The predicted molar refractivity (Wildman–Crippen MR) is 71.9 cm³/mol. The van der Waals surface area contributed by atoms with Gasteiger partial charge in [0.2, 0.25) is 0 Å². The van der Waals surface area contributed by atoms with Crippen LogP contribution in [0.25, 0.3) is 0 Å². The fourth-order valence-electron chi connectivity index (χ4n) is 2.20. The summed E-state index contributed by atoms with van der Waals surface area (Å²) in [7, 11) is 0. The van der Waals surface area contributed by atoms with E-state index in [1.807, 2.05) is 29.6 Å². The molecule has 17 heavy (non-hydrogen) atoms. The summed E-state index contributed by atoms with van der Waals surface area (Å²) in [6, 6.07) is 7.98. The van der Waals surface area contributed by atoms with Gasteiger partial charge in [-0.1, -0.05) is 18.2 Å². The molecule has 0 amide bonds. The molecule has 1 aromatic carbocycles. The average molecular weight is 243 g/mol. The molecule has 3 nitrogen and oxygen atoms in total. The van der Waals surface area contributed by atoms with E-state index in [9.17, 15) is 0 Å². The Morgan fingerprint density at radius 2 is 2.18 bits per heavy atom. The summed E-state index contributed by atoms with van der Waals surface area (Å²) < 4.78 is 0. The van der Waals surface area contributed by atoms with Crippen molar-refractivity contribution in [3.8, 4) is 0 Å². The minimum absolute atomic E-state index is 0.497. The monoisotopic (exact) mass is 243 g/mol. The molecule has 0 saturated heterocycles. The zero-order valence-electron chi connectivity index (χ0n) is 9.29. The highest BCUT2D eigenvalue weighted by atomic mass is 32.1. The maximum Gasteiger partial charge on any atom is 0.0717 e. The van der Waals surface area contributed by atoms with E-state index in [0.29, 0.717) is 12.3 Å². The smallest absolute Gasteiger partial charge is 0.0717 e. The highest BCUT2D eigenvalue weighted by Gasteiger charge is 2.20. The molecule has 0 atom stereocenters. The molecule has 4 heteroatoms. The van der Waals surface area contributed by atoms with Gasteiger partial charge in [0.25, 0.3) is 0 Å². The Morgan fingerprint density at radius 3 is 3.00 bits per heavy atom. The Hall–Kier alpha value is -1.65. The van der Waals surface area contributed by atoms with Crippen molar-refractivity contribution in [3.63, 3.8) is 0 Å². The average Bonchev–Trinajstić information content (AvgIpc) is 2.78. The largest absolute Gasteiger partial charge is 0.379 e. The number of hydrogen-bond acceptors (Lipinski definition) is 4. The van der Waals surface area contributed by atoms with Crippen LogP contribution in [0.3, 0.4) is 0 Å². The molecular formula is C13H13N3S. The first-order valence-corrected chi connectivity index (χ1v) is 6.40. The Morgan fingerprint density at radius 1 is 1.29 bits per heavy atom. The van der Waals surface area contributed by atoms with Crippen molar-refractivity contribution in [3.05, 3.63) is 51.2 Å². The molecule has 86 valence electrons. The summed E-state index contributed by atoms with van der Waals surface area (Å²) in [6.45, 7) is 1.27. The number of para-hydroxylation sites is 1. The van der Waals surface area contributed by atoms with Gasteiger partial charge in [0.15, 0.2) is 0 Å². The van der Waals surface area contributed by atoms with Crippen LogP contribution in [0.4, 0.5) is 5.69 Å². The van der Waals surface area contributed by atoms with Gasteiger partial charge in [-0.25, -0.2) is 0 Å². The zero-order valence-corrected chi connectivity index (χ0v) is 10.1. The second kappa shape index (κ2) is 3.98. The van der Waals surface area contributed by atoms with E-state index in [1.54, 1.807) is 11.3 Å². The van der Waals surface area contributed by atoms with Crippen molar-refractivity contribution in [2.45, 2.75) is 13.1 Å². The van der Waals surface area contributed by atoms with E-state index in [0.717, 1.165) is 28.9 Å². The van der Waals surface area contributed by atoms with Crippen LogP contribution in [0.15, 0.2) is 29.6 Å². The molecule has 0 bridgehead atoms. The van der Waals surface area contributed by atoms with Gasteiger partial charge in [-0.2, -0.15) is 0 Å². The third-order valence-electron chi connectivity index (χ3n) is 3.08. The van der Waals surface area contributed by atoms with Crippen LogP contribution in [0.5, 0.6) is 0 Å². The van der Waals surface area contributed by atoms with Crippen molar-refractivity contribution in [2.24, 2.45) is 5.73 Å². The van der Waals surface area contributed by atoms with Crippen molar-refractivity contribution in [1.82, 2.24) is 0 Å². The van der Waals surface area contributed by atoms with Crippen molar-refractivity contribution in [1.29, 1.82) is 5.41 Å². The zero-order chi connectivity index (χ0) is 11.8. The fourth-order valence-corrected chi connectivity index (χ4v) is 3.02. The molecule has 0 fully saturated rings. The van der Waals surface area contributed by atoms with Crippen LogP contribution in [-0.2, 0) is 13.1 Å². The number of hydrogen-bond donors (Lipinski definition) is 3. The highest BCUT2D eigenvalue weighted by molar-refractivity contribution is 7.10. The molecule has 0 radical (unpaired) electrons. The molecule has 0 spiro atoms. The van der Waals surface area contributed by atoms with Crippen LogP contribution in [0.1, 0.15) is 21.6 Å². The third-order valence-corrected chi connectivity index (χ3v) is 4.00. The Balaban J connectivity index is 2.20. The summed E-state index contributed by atoms with van der Waals surface area (Å²) in [4.78, 5) is 1.22. The van der Waals surface area contributed by atoms with Gasteiger partial charge >= 0.3 is 0 Å². The van der Waals surface area contributed by atoms with Gasteiger partial charge < -0.3 is 11.1 Å². The van der Waals surface area contributed by atoms with Crippen molar-refractivity contribution >= 4 is 22.7 Å². The molecule has 0 aliphatic carbocycles. The van der Waals surface area contributed by atoms with E-state index in [1.165, 1.54) is 4.88 Å². The topological polar surface area (TPSA) is 61.9 Å². The second-order valence-electron chi connectivity index (χ2n) is 4.03. The van der Waals surface area contributed by atoms with Crippen molar-refractivity contribution < 1.29 is 0 Å². The molecule has 0 saturated carbocycles. The summed E-state index contributed by atoms with van der Waals surface area (Å²) >= 11 is 1.69. The third kappa shape index (κ3) is 1.57. The lowest BCUT2D eigenvalue weighted by atomic mass is 10.00.